The van der Waals surface area contributed by atoms with E-state index in [0.717, 1.165) is 22.5 Å². The van der Waals surface area contributed by atoms with Crippen LogP contribution in [0.1, 0.15) is 31.9 Å². The van der Waals surface area contributed by atoms with Crippen LogP contribution in [0.4, 0.5) is 11.4 Å². The van der Waals surface area contributed by atoms with E-state index in [4.69, 9.17) is 10.5 Å². The predicted octanol–water partition coefficient (Wildman–Crippen LogP) is 4.49. The second-order valence-corrected chi connectivity index (χ2v) is 4.57. The molecule has 0 radical (unpaired) electrons. The van der Waals surface area contributed by atoms with Crippen LogP contribution in [0.5, 0.6) is 5.75 Å². The van der Waals surface area contributed by atoms with E-state index in [0.29, 0.717) is 11.4 Å². The Labute approximate surface area is 138 Å². The second kappa shape index (κ2) is 9.41. The van der Waals surface area contributed by atoms with Gasteiger partial charge in [0.1, 0.15) is 5.69 Å². The van der Waals surface area contributed by atoms with E-state index in [1.165, 1.54) is 0 Å². The molecule has 0 aromatic heterocycles. The standard InChI is InChI=1S/C17H19N3O.C2H6/c1-12(13-7-5-4-6-8-13)20-16-10-9-15(18)14(11-19-2)17(16)21-3;1-2/h4-11H,18H2,1-3H3;1-2H3. The molecule has 0 saturated heterocycles. The third-order valence-electron chi connectivity index (χ3n) is 3.15. The van der Waals surface area contributed by atoms with Crippen molar-refractivity contribution in [2.24, 2.45) is 9.98 Å². The van der Waals surface area contributed by atoms with Gasteiger partial charge in [-0.15, -0.1) is 0 Å². The largest absolute Gasteiger partial charge is 0.494 e. The SMILES string of the molecule is CC.CN=Cc1c(N)ccc(N=C(C)c2ccccc2)c1OC. The van der Waals surface area contributed by atoms with E-state index >= 15 is 0 Å². The Balaban J connectivity index is 0.00000127. The van der Waals surface area contributed by atoms with Gasteiger partial charge in [0.2, 0.25) is 0 Å². The number of ether oxygens (including phenoxy) is 1. The Hall–Kier alpha value is -2.62. The number of methoxy groups -OCH3 is 1. The maximum absolute atomic E-state index is 5.97. The van der Waals surface area contributed by atoms with Crippen molar-refractivity contribution in [3.05, 3.63) is 53.6 Å². The van der Waals surface area contributed by atoms with E-state index in [9.17, 15) is 0 Å². The fourth-order valence-corrected chi connectivity index (χ4v) is 2.09. The lowest BCUT2D eigenvalue weighted by atomic mass is 10.1. The molecule has 0 aliphatic heterocycles. The molecule has 0 aliphatic carbocycles. The van der Waals surface area contributed by atoms with Gasteiger partial charge in [-0.2, -0.15) is 0 Å². The molecule has 0 atom stereocenters. The van der Waals surface area contributed by atoms with Crippen LogP contribution in [-0.2, 0) is 0 Å². The summed E-state index contributed by atoms with van der Waals surface area (Å²) in [4.78, 5) is 8.68. The first-order valence-electron chi connectivity index (χ1n) is 7.66. The minimum Gasteiger partial charge on any atom is -0.494 e. The summed E-state index contributed by atoms with van der Waals surface area (Å²) < 4.78 is 5.47. The van der Waals surface area contributed by atoms with E-state index < -0.39 is 0 Å². The number of nitrogen functional groups attached to an aromatic ring is 1. The molecule has 0 bridgehead atoms. The summed E-state index contributed by atoms with van der Waals surface area (Å²) in [6, 6.07) is 13.7. The zero-order valence-electron chi connectivity index (χ0n) is 14.5. The zero-order chi connectivity index (χ0) is 17.2. The number of nitrogens with zero attached hydrogens (tertiary/aromatic N) is 2. The van der Waals surface area contributed by atoms with Crippen LogP contribution in [0.2, 0.25) is 0 Å². The van der Waals surface area contributed by atoms with Crippen molar-refractivity contribution in [1.29, 1.82) is 0 Å². The third-order valence-corrected chi connectivity index (χ3v) is 3.15. The zero-order valence-corrected chi connectivity index (χ0v) is 14.5. The molecule has 2 rings (SSSR count). The Morgan fingerprint density at radius 2 is 1.74 bits per heavy atom. The van der Waals surface area contributed by atoms with Gasteiger partial charge in [0.25, 0.3) is 0 Å². The Bertz CT molecular complexity index is 677. The summed E-state index contributed by atoms with van der Waals surface area (Å²) in [6.07, 6.45) is 1.69. The highest BCUT2D eigenvalue weighted by Crippen LogP contribution is 2.34. The highest BCUT2D eigenvalue weighted by atomic mass is 16.5. The van der Waals surface area contributed by atoms with Crippen molar-refractivity contribution in [2.45, 2.75) is 20.8 Å². The van der Waals surface area contributed by atoms with Gasteiger partial charge < -0.3 is 10.5 Å². The molecule has 2 aromatic carbocycles. The van der Waals surface area contributed by atoms with Gasteiger partial charge in [-0.1, -0.05) is 44.2 Å². The monoisotopic (exact) mass is 311 g/mol. The van der Waals surface area contributed by atoms with E-state index in [-0.39, 0.29) is 0 Å². The van der Waals surface area contributed by atoms with Crippen molar-refractivity contribution in [3.8, 4) is 5.75 Å². The maximum Gasteiger partial charge on any atom is 0.155 e. The van der Waals surface area contributed by atoms with Gasteiger partial charge in [-0.25, -0.2) is 4.99 Å². The molecule has 122 valence electrons. The molecule has 0 saturated carbocycles. The number of aliphatic imine (C=N–C) groups is 2. The normalized spacial score (nSPS) is 11.1. The first-order valence-corrected chi connectivity index (χ1v) is 7.66. The molecule has 0 aliphatic rings. The molecule has 4 nitrogen and oxygen atoms in total. The lowest BCUT2D eigenvalue weighted by Crippen LogP contribution is -1.99. The highest BCUT2D eigenvalue weighted by molar-refractivity contribution is 6.01. The molecule has 0 heterocycles. The maximum atomic E-state index is 5.97. The number of benzene rings is 2. The summed E-state index contributed by atoms with van der Waals surface area (Å²) >= 11 is 0. The van der Waals surface area contributed by atoms with E-state index in [1.807, 2.05) is 63.2 Å². The van der Waals surface area contributed by atoms with Gasteiger partial charge in [-0.3, -0.25) is 4.99 Å². The quantitative estimate of drug-likeness (QED) is 0.668. The van der Waals surface area contributed by atoms with Crippen molar-refractivity contribution in [3.63, 3.8) is 0 Å². The summed E-state index contributed by atoms with van der Waals surface area (Å²) in [5, 5.41) is 0. The number of hydrogen-bond donors (Lipinski definition) is 1. The van der Waals surface area contributed by atoms with Crippen molar-refractivity contribution in [2.75, 3.05) is 19.9 Å². The van der Waals surface area contributed by atoms with Crippen LogP contribution in [0, 0.1) is 0 Å². The molecule has 0 spiro atoms. The van der Waals surface area contributed by atoms with Crippen LogP contribution < -0.4 is 10.5 Å². The van der Waals surface area contributed by atoms with Crippen molar-refractivity contribution >= 4 is 23.3 Å². The molecule has 2 N–H and O–H groups in total. The van der Waals surface area contributed by atoms with Crippen LogP contribution in [-0.4, -0.2) is 26.1 Å². The van der Waals surface area contributed by atoms with Crippen LogP contribution in [0.3, 0.4) is 0 Å². The van der Waals surface area contributed by atoms with E-state index in [1.54, 1.807) is 20.4 Å². The van der Waals surface area contributed by atoms with Crippen LogP contribution >= 0.6 is 0 Å². The number of anilines is 1. The first-order chi connectivity index (χ1) is 11.2. The van der Waals surface area contributed by atoms with Crippen LogP contribution in [0.15, 0.2) is 52.4 Å². The third kappa shape index (κ3) is 4.68. The first kappa shape index (κ1) is 18.4. The predicted molar refractivity (Wildman–Crippen MR) is 101 cm³/mol. The molecule has 0 fully saturated rings. The number of nitrogens with two attached hydrogens (primary N) is 1. The van der Waals surface area contributed by atoms with Gasteiger partial charge in [-0.05, 0) is 24.6 Å². The number of hydrogen-bond acceptors (Lipinski definition) is 4. The fraction of sp³-hybridized carbons (Fsp3) is 0.263. The number of rotatable bonds is 4. The molecule has 23 heavy (non-hydrogen) atoms. The summed E-state index contributed by atoms with van der Waals surface area (Å²) in [7, 11) is 3.31. The molecule has 0 amide bonds. The van der Waals surface area contributed by atoms with Crippen molar-refractivity contribution < 1.29 is 4.74 Å². The average molecular weight is 311 g/mol. The smallest absolute Gasteiger partial charge is 0.155 e. The summed E-state index contributed by atoms with van der Waals surface area (Å²) in [5.41, 5.74) is 10.1. The van der Waals surface area contributed by atoms with E-state index in [2.05, 4.69) is 9.98 Å². The molecular formula is C19H25N3O. The average Bonchev–Trinajstić information content (AvgIpc) is 2.60. The van der Waals surface area contributed by atoms with Crippen molar-refractivity contribution in [1.82, 2.24) is 0 Å². The van der Waals surface area contributed by atoms with Crippen LogP contribution in [0.25, 0.3) is 0 Å². The molecule has 0 unspecified atom stereocenters. The summed E-state index contributed by atoms with van der Waals surface area (Å²) in [6.45, 7) is 5.97. The second-order valence-electron chi connectivity index (χ2n) is 4.57. The van der Waals surface area contributed by atoms with Gasteiger partial charge >= 0.3 is 0 Å². The summed E-state index contributed by atoms with van der Waals surface area (Å²) in [5.74, 6) is 0.635. The Morgan fingerprint density at radius 3 is 2.30 bits per heavy atom. The molecular weight excluding hydrogens is 286 g/mol. The minimum absolute atomic E-state index is 0.619. The van der Waals surface area contributed by atoms with Gasteiger partial charge in [0.05, 0.1) is 12.7 Å². The highest BCUT2D eigenvalue weighted by Gasteiger charge is 2.11. The lowest BCUT2D eigenvalue weighted by molar-refractivity contribution is 0.416. The Morgan fingerprint density at radius 1 is 1.09 bits per heavy atom. The van der Waals surface area contributed by atoms with Gasteiger partial charge in [0.15, 0.2) is 5.75 Å². The molecule has 2 aromatic rings. The fourth-order valence-electron chi connectivity index (χ4n) is 2.09. The Kier molecular flexibility index (Phi) is 7.54. The topological polar surface area (TPSA) is 60.0 Å². The van der Waals surface area contributed by atoms with Gasteiger partial charge in [0, 0.05) is 24.7 Å². The lowest BCUT2D eigenvalue weighted by Gasteiger charge is -2.11. The molecule has 4 heteroatoms. The minimum atomic E-state index is 0.619.